The molecule has 1 saturated carbocycles. The Bertz CT molecular complexity index is 493. The standard InChI is InChI=1S/C16H23FN2O2/c1-2-11-4-3-5-14(8-11)21-10-13-9-12(16(20)19-18)6-7-15(13)17/h6-7,9,11,14H,2-5,8,10,18H2,1H3,(H,19,20). The van der Waals surface area contributed by atoms with E-state index in [0.717, 1.165) is 12.8 Å². The molecule has 21 heavy (non-hydrogen) atoms. The summed E-state index contributed by atoms with van der Waals surface area (Å²) >= 11 is 0. The monoisotopic (exact) mass is 294 g/mol. The Morgan fingerprint density at radius 3 is 3.00 bits per heavy atom. The largest absolute Gasteiger partial charge is 0.373 e. The number of nitrogens with one attached hydrogen (secondary N) is 1. The van der Waals surface area contributed by atoms with Crippen molar-refractivity contribution in [3.8, 4) is 0 Å². The molecule has 4 nitrogen and oxygen atoms in total. The van der Waals surface area contributed by atoms with E-state index in [1.54, 1.807) is 0 Å². The second-order valence-corrected chi connectivity index (χ2v) is 5.65. The highest BCUT2D eigenvalue weighted by molar-refractivity contribution is 5.93. The van der Waals surface area contributed by atoms with Gasteiger partial charge in [-0.15, -0.1) is 0 Å². The van der Waals surface area contributed by atoms with E-state index < -0.39 is 5.91 Å². The zero-order valence-corrected chi connectivity index (χ0v) is 12.4. The van der Waals surface area contributed by atoms with E-state index in [1.807, 2.05) is 5.43 Å². The zero-order chi connectivity index (χ0) is 15.2. The number of benzene rings is 1. The Morgan fingerprint density at radius 1 is 1.48 bits per heavy atom. The SMILES string of the molecule is CCC1CCCC(OCc2cc(C(=O)NN)ccc2F)C1. The molecule has 116 valence electrons. The third-order valence-corrected chi connectivity index (χ3v) is 4.23. The number of hydrogen-bond donors (Lipinski definition) is 2. The van der Waals surface area contributed by atoms with Crippen LogP contribution in [0.2, 0.25) is 0 Å². The molecule has 1 aliphatic carbocycles. The van der Waals surface area contributed by atoms with Gasteiger partial charge in [0.25, 0.3) is 5.91 Å². The first-order valence-electron chi connectivity index (χ1n) is 7.55. The Kier molecular flexibility index (Phi) is 5.70. The second-order valence-electron chi connectivity index (χ2n) is 5.65. The Balaban J connectivity index is 1.97. The molecule has 0 aliphatic heterocycles. The summed E-state index contributed by atoms with van der Waals surface area (Å²) in [5, 5.41) is 0. The number of hydrazine groups is 1. The molecule has 0 saturated heterocycles. The fraction of sp³-hybridized carbons (Fsp3) is 0.562. The van der Waals surface area contributed by atoms with E-state index in [-0.39, 0.29) is 18.5 Å². The van der Waals surface area contributed by atoms with Crippen LogP contribution in [0.25, 0.3) is 0 Å². The number of carbonyl (C=O) groups is 1. The molecule has 0 heterocycles. The predicted octanol–water partition coefficient (Wildman–Crippen LogP) is 2.91. The molecule has 0 radical (unpaired) electrons. The van der Waals surface area contributed by atoms with Crippen molar-refractivity contribution in [3.63, 3.8) is 0 Å². The van der Waals surface area contributed by atoms with Gasteiger partial charge in [-0.25, -0.2) is 10.2 Å². The summed E-state index contributed by atoms with van der Waals surface area (Å²) in [4.78, 5) is 11.5. The summed E-state index contributed by atoms with van der Waals surface area (Å²) in [5.41, 5.74) is 2.78. The lowest BCUT2D eigenvalue weighted by molar-refractivity contribution is 0.000649. The molecule has 2 unspecified atom stereocenters. The van der Waals surface area contributed by atoms with E-state index in [1.165, 1.54) is 37.5 Å². The van der Waals surface area contributed by atoms with Gasteiger partial charge in [-0.2, -0.15) is 0 Å². The van der Waals surface area contributed by atoms with Gasteiger partial charge in [0.05, 0.1) is 12.7 Å². The van der Waals surface area contributed by atoms with Crippen LogP contribution in [-0.2, 0) is 11.3 Å². The van der Waals surface area contributed by atoms with Crippen LogP contribution in [0.5, 0.6) is 0 Å². The van der Waals surface area contributed by atoms with Crippen molar-refractivity contribution in [1.29, 1.82) is 0 Å². The first kappa shape index (κ1) is 15.9. The Labute approximate surface area is 124 Å². The van der Waals surface area contributed by atoms with Gasteiger partial charge in [-0.3, -0.25) is 10.2 Å². The normalized spacial score (nSPS) is 22.0. The van der Waals surface area contributed by atoms with Crippen molar-refractivity contribution in [1.82, 2.24) is 5.43 Å². The van der Waals surface area contributed by atoms with Crippen LogP contribution in [0, 0.1) is 11.7 Å². The smallest absolute Gasteiger partial charge is 0.265 e. The van der Waals surface area contributed by atoms with Crippen LogP contribution in [0.15, 0.2) is 18.2 Å². The zero-order valence-electron chi connectivity index (χ0n) is 12.4. The predicted molar refractivity (Wildman–Crippen MR) is 78.9 cm³/mol. The minimum atomic E-state index is -0.431. The van der Waals surface area contributed by atoms with Gasteiger partial charge in [0.2, 0.25) is 0 Å². The summed E-state index contributed by atoms with van der Waals surface area (Å²) in [6.45, 7) is 2.39. The lowest BCUT2D eigenvalue weighted by Crippen LogP contribution is -2.30. The first-order chi connectivity index (χ1) is 10.1. The molecule has 1 aromatic rings. The van der Waals surface area contributed by atoms with Crippen molar-refractivity contribution in [2.75, 3.05) is 0 Å². The highest BCUT2D eigenvalue weighted by Gasteiger charge is 2.21. The topological polar surface area (TPSA) is 64.3 Å². The molecule has 0 bridgehead atoms. The number of halogens is 1. The minimum absolute atomic E-state index is 0.190. The van der Waals surface area contributed by atoms with Gasteiger partial charge >= 0.3 is 0 Å². The van der Waals surface area contributed by atoms with Gasteiger partial charge in [0.1, 0.15) is 5.82 Å². The number of rotatable bonds is 5. The Hall–Kier alpha value is -1.46. The van der Waals surface area contributed by atoms with E-state index in [2.05, 4.69) is 6.92 Å². The molecule has 1 fully saturated rings. The second kappa shape index (κ2) is 7.52. The van der Waals surface area contributed by atoms with Crippen LogP contribution in [0.1, 0.15) is 54.9 Å². The molecule has 1 aliphatic rings. The summed E-state index contributed by atoms with van der Waals surface area (Å²) in [6, 6.07) is 4.19. The van der Waals surface area contributed by atoms with Gasteiger partial charge in [0.15, 0.2) is 0 Å². The van der Waals surface area contributed by atoms with Gasteiger partial charge < -0.3 is 4.74 Å². The molecular formula is C16H23FN2O2. The number of nitrogen functional groups attached to an aromatic ring is 1. The van der Waals surface area contributed by atoms with Gasteiger partial charge in [-0.1, -0.05) is 26.2 Å². The van der Waals surface area contributed by atoms with E-state index >= 15 is 0 Å². The molecule has 3 N–H and O–H groups in total. The minimum Gasteiger partial charge on any atom is -0.373 e. The summed E-state index contributed by atoms with van der Waals surface area (Å²) < 4.78 is 19.6. The number of amides is 1. The van der Waals surface area contributed by atoms with Crippen molar-refractivity contribution in [2.45, 2.75) is 51.7 Å². The summed E-state index contributed by atoms with van der Waals surface area (Å²) in [7, 11) is 0. The summed E-state index contributed by atoms with van der Waals surface area (Å²) in [5.74, 6) is 5.01. The van der Waals surface area contributed by atoms with Crippen molar-refractivity contribution in [2.24, 2.45) is 11.8 Å². The molecule has 1 amide bonds. The molecule has 2 rings (SSSR count). The number of ether oxygens (including phenoxy) is 1. The van der Waals surface area contributed by atoms with E-state index in [9.17, 15) is 9.18 Å². The van der Waals surface area contributed by atoms with Crippen LogP contribution >= 0.6 is 0 Å². The highest BCUT2D eigenvalue weighted by atomic mass is 19.1. The molecule has 0 spiro atoms. The average molecular weight is 294 g/mol. The third kappa shape index (κ3) is 4.25. The van der Waals surface area contributed by atoms with Crippen LogP contribution in [0.4, 0.5) is 4.39 Å². The van der Waals surface area contributed by atoms with E-state index in [4.69, 9.17) is 10.6 Å². The lowest BCUT2D eigenvalue weighted by atomic mass is 9.85. The van der Waals surface area contributed by atoms with Crippen LogP contribution < -0.4 is 11.3 Å². The van der Waals surface area contributed by atoms with Gasteiger partial charge in [0, 0.05) is 11.1 Å². The maximum absolute atomic E-state index is 13.8. The van der Waals surface area contributed by atoms with E-state index in [0.29, 0.717) is 17.0 Å². The first-order valence-corrected chi connectivity index (χ1v) is 7.55. The fourth-order valence-electron chi connectivity index (χ4n) is 2.88. The molecular weight excluding hydrogens is 271 g/mol. The number of hydrogen-bond acceptors (Lipinski definition) is 3. The molecule has 2 atom stereocenters. The molecule has 5 heteroatoms. The van der Waals surface area contributed by atoms with Crippen molar-refractivity contribution in [3.05, 3.63) is 35.1 Å². The van der Waals surface area contributed by atoms with Crippen molar-refractivity contribution >= 4 is 5.91 Å². The third-order valence-electron chi connectivity index (χ3n) is 4.23. The number of nitrogens with two attached hydrogens (primary N) is 1. The number of carbonyl (C=O) groups excluding carboxylic acids is 1. The fourth-order valence-corrected chi connectivity index (χ4v) is 2.88. The van der Waals surface area contributed by atoms with Crippen LogP contribution in [-0.4, -0.2) is 12.0 Å². The average Bonchev–Trinajstić information content (AvgIpc) is 2.53. The van der Waals surface area contributed by atoms with Gasteiger partial charge in [-0.05, 0) is 37.0 Å². The highest BCUT2D eigenvalue weighted by Crippen LogP contribution is 2.29. The molecule has 1 aromatic carbocycles. The quantitative estimate of drug-likeness (QED) is 0.498. The summed E-state index contributed by atoms with van der Waals surface area (Å²) in [6.07, 6.45) is 5.86. The van der Waals surface area contributed by atoms with Crippen molar-refractivity contribution < 1.29 is 13.9 Å². The molecule has 0 aromatic heterocycles. The maximum Gasteiger partial charge on any atom is 0.265 e. The lowest BCUT2D eigenvalue weighted by Gasteiger charge is -2.28. The maximum atomic E-state index is 13.8. The van der Waals surface area contributed by atoms with Crippen LogP contribution in [0.3, 0.4) is 0 Å². The Morgan fingerprint density at radius 2 is 2.29 bits per heavy atom.